The normalized spacial score (nSPS) is 14.2. The van der Waals surface area contributed by atoms with E-state index in [1.165, 1.54) is 49.8 Å². The number of thiophene rings is 4. The average Bonchev–Trinajstić information content (AvgIpc) is 4.02. The molecule has 1 aromatic carbocycles. The summed E-state index contributed by atoms with van der Waals surface area (Å²) in [4.78, 5) is 33.8. The van der Waals surface area contributed by atoms with Crippen LogP contribution >= 0.6 is 45.3 Å². The van der Waals surface area contributed by atoms with Crippen molar-refractivity contribution in [3.63, 3.8) is 0 Å². The minimum Gasteiger partial charge on any atom is -0.491 e. The van der Waals surface area contributed by atoms with Crippen molar-refractivity contribution in [3.8, 4) is 31.0 Å². The maximum Gasteiger partial charge on any atom is 0.263 e. The highest BCUT2D eigenvalue weighted by Gasteiger charge is 2.42. The number of carbonyl (C=O) groups excluding carboxylic acids is 2. The number of benzene rings is 1. The smallest absolute Gasteiger partial charge is 0.263 e. The number of imide groups is 1. The van der Waals surface area contributed by atoms with E-state index in [1.807, 2.05) is 11.4 Å². The van der Waals surface area contributed by atoms with E-state index in [0.717, 1.165) is 96.1 Å². The van der Waals surface area contributed by atoms with Crippen LogP contribution < -0.4 is 9.47 Å². The van der Waals surface area contributed by atoms with Crippen LogP contribution in [0.4, 0.5) is 0 Å². The van der Waals surface area contributed by atoms with Gasteiger partial charge in [0.1, 0.15) is 11.5 Å². The number of hydrogen-bond donors (Lipinski definition) is 0. The fraction of sp³-hybridized carbons (Fsp3) is 0.545. The van der Waals surface area contributed by atoms with Crippen molar-refractivity contribution in [2.24, 2.45) is 11.8 Å². The van der Waals surface area contributed by atoms with Gasteiger partial charge in [-0.1, -0.05) is 111 Å². The van der Waals surface area contributed by atoms with Gasteiger partial charge in [0.15, 0.2) is 0 Å². The molecule has 2 amide bonds. The van der Waals surface area contributed by atoms with E-state index in [0.29, 0.717) is 42.7 Å². The third-order valence-corrected chi connectivity index (χ3v) is 15.3. The highest BCUT2D eigenvalue weighted by atomic mass is 32.1. The Morgan fingerprint density at radius 1 is 0.623 bits per heavy atom. The number of hydrogen-bond acceptors (Lipinski definition) is 8. The Bertz CT molecular complexity index is 1880. The molecule has 1 aliphatic heterocycles. The number of nitrogens with zero attached hydrogens (tertiary/aromatic N) is 1. The number of unbranched alkanes of at least 4 members (excludes halogenated alkanes) is 7. The minimum absolute atomic E-state index is 0.144. The van der Waals surface area contributed by atoms with Crippen LogP contribution in [0, 0.1) is 11.8 Å². The molecule has 0 saturated heterocycles. The molecule has 1 aliphatic rings. The zero-order valence-corrected chi connectivity index (χ0v) is 35.6. The van der Waals surface area contributed by atoms with Crippen LogP contribution in [0.15, 0.2) is 35.0 Å². The van der Waals surface area contributed by atoms with E-state index in [1.54, 1.807) is 45.3 Å². The molecule has 0 saturated carbocycles. The fourth-order valence-electron chi connectivity index (χ4n) is 7.44. The highest BCUT2D eigenvalue weighted by Crippen LogP contribution is 2.54. The first-order chi connectivity index (χ1) is 25.9. The molecule has 2 unspecified atom stereocenters. The van der Waals surface area contributed by atoms with Gasteiger partial charge in [-0.2, -0.15) is 0 Å². The molecular weight excluding hydrogens is 735 g/mol. The Labute approximate surface area is 332 Å². The van der Waals surface area contributed by atoms with E-state index < -0.39 is 0 Å². The van der Waals surface area contributed by atoms with Gasteiger partial charge in [0, 0.05) is 27.1 Å². The molecule has 0 spiro atoms. The first-order valence-electron chi connectivity index (χ1n) is 20.2. The molecule has 286 valence electrons. The number of amides is 2. The third kappa shape index (κ3) is 8.74. The summed E-state index contributed by atoms with van der Waals surface area (Å²) in [5, 5.41) is 6.34. The first-order valence-corrected chi connectivity index (χ1v) is 23.6. The van der Waals surface area contributed by atoms with E-state index in [-0.39, 0.29) is 11.8 Å². The van der Waals surface area contributed by atoms with Gasteiger partial charge >= 0.3 is 0 Å². The van der Waals surface area contributed by atoms with E-state index in [2.05, 4.69) is 58.2 Å². The Morgan fingerprint density at radius 3 is 1.83 bits per heavy atom. The Kier molecular flexibility index (Phi) is 14.5. The van der Waals surface area contributed by atoms with Crippen LogP contribution in [0.5, 0.6) is 11.5 Å². The molecular formula is C44H57NO4S4. The summed E-state index contributed by atoms with van der Waals surface area (Å²) in [6.07, 6.45) is 15.9. The quantitative estimate of drug-likeness (QED) is 0.0488. The van der Waals surface area contributed by atoms with E-state index in [9.17, 15) is 9.59 Å². The van der Waals surface area contributed by atoms with Crippen molar-refractivity contribution in [2.45, 2.75) is 125 Å². The number of ether oxygens (including phenoxy) is 2. The van der Waals surface area contributed by atoms with Crippen LogP contribution in [-0.2, 0) is 0 Å². The van der Waals surface area contributed by atoms with Crippen molar-refractivity contribution in [1.82, 2.24) is 4.90 Å². The lowest BCUT2D eigenvalue weighted by molar-refractivity contribution is 0.0652. The van der Waals surface area contributed by atoms with Crippen LogP contribution in [-0.4, -0.2) is 36.5 Å². The molecule has 0 bridgehead atoms. The summed E-state index contributed by atoms with van der Waals surface area (Å²) in [5.74, 6) is 2.54. The third-order valence-electron chi connectivity index (χ3n) is 10.8. The number of carbonyl (C=O) groups is 2. The fourth-order valence-corrected chi connectivity index (χ4v) is 11.8. The largest absolute Gasteiger partial charge is 0.491 e. The van der Waals surface area contributed by atoms with Gasteiger partial charge in [-0.25, -0.2) is 0 Å². The second-order valence-electron chi connectivity index (χ2n) is 14.6. The summed E-state index contributed by atoms with van der Waals surface area (Å²) >= 11 is 6.61. The zero-order chi connectivity index (χ0) is 37.3. The van der Waals surface area contributed by atoms with E-state index in [4.69, 9.17) is 9.47 Å². The maximum absolute atomic E-state index is 14.3. The molecule has 0 fully saturated rings. The molecule has 5 heterocycles. The van der Waals surface area contributed by atoms with Crippen molar-refractivity contribution in [1.29, 1.82) is 0 Å². The molecule has 0 aliphatic carbocycles. The molecule has 2 atom stereocenters. The van der Waals surface area contributed by atoms with Gasteiger partial charge in [0.05, 0.1) is 43.5 Å². The summed E-state index contributed by atoms with van der Waals surface area (Å²) in [5.41, 5.74) is 1.15. The number of rotatable bonds is 23. The lowest BCUT2D eigenvalue weighted by Crippen LogP contribution is -2.31. The van der Waals surface area contributed by atoms with Gasteiger partial charge in [-0.3, -0.25) is 14.5 Å². The highest BCUT2D eigenvalue weighted by molar-refractivity contribution is 7.29. The van der Waals surface area contributed by atoms with Crippen LogP contribution in [0.25, 0.3) is 39.7 Å². The lowest BCUT2D eigenvalue weighted by Gasteiger charge is -2.19. The monoisotopic (exact) mass is 791 g/mol. The van der Waals surface area contributed by atoms with Crippen molar-refractivity contribution >= 4 is 77.3 Å². The molecule has 5 aromatic rings. The molecule has 5 nitrogen and oxygen atoms in total. The second kappa shape index (κ2) is 19.2. The second-order valence-corrected chi connectivity index (χ2v) is 18.6. The molecule has 0 radical (unpaired) electrons. The molecule has 9 heteroatoms. The van der Waals surface area contributed by atoms with Crippen molar-refractivity contribution in [3.05, 3.63) is 46.2 Å². The predicted molar refractivity (Wildman–Crippen MR) is 230 cm³/mol. The Hall–Kier alpha value is -2.72. The summed E-state index contributed by atoms with van der Waals surface area (Å²) in [7, 11) is 0. The van der Waals surface area contributed by atoms with E-state index >= 15 is 0 Å². The van der Waals surface area contributed by atoms with Crippen LogP contribution in [0.3, 0.4) is 0 Å². The van der Waals surface area contributed by atoms with Crippen LogP contribution in [0.1, 0.15) is 145 Å². The molecule has 4 aromatic heterocycles. The van der Waals surface area contributed by atoms with Crippen molar-refractivity contribution in [2.75, 3.05) is 19.8 Å². The predicted octanol–water partition coefficient (Wildman–Crippen LogP) is 14.7. The lowest BCUT2D eigenvalue weighted by atomic mass is 10.0. The van der Waals surface area contributed by atoms with Crippen molar-refractivity contribution < 1.29 is 19.1 Å². The standard InChI is InChI=1S/C44H57NO4S4/c1-6-11-14-15-16-17-23-45-43(46)35-36(44(45)47)42(53-41(35)33-21-18-24-50-33)34-26-32-38(49-28-30(10-5)20-13-8-3)39-31(22-25-51-39)37(40(32)52-34)48-27-29(9-4)19-12-7-2/h18,21-22,24-26,29-30H,6-17,19-20,23,27-28H2,1-5H3. The maximum atomic E-state index is 14.3. The SMILES string of the molecule is CCCCCCCCN1C(=O)c2c(-c3cccs3)sc(-c3cc4c(OCC(CC)CCCC)c5sccc5c(OCC(CC)CCCC)c4s3)c2C1=O. The average molecular weight is 792 g/mol. The minimum atomic E-state index is -0.151. The zero-order valence-electron chi connectivity index (χ0n) is 32.4. The van der Waals surface area contributed by atoms with Gasteiger partial charge < -0.3 is 9.47 Å². The summed E-state index contributed by atoms with van der Waals surface area (Å²) in [6, 6.07) is 8.50. The Balaban J connectivity index is 1.44. The summed E-state index contributed by atoms with van der Waals surface area (Å²) < 4.78 is 15.9. The van der Waals surface area contributed by atoms with Gasteiger partial charge in [0.25, 0.3) is 11.8 Å². The summed E-state index contributed by atoms with van der Waals surface area (Å²) in [6.45, 7) is 13.1. The topological polar surface area (TPSA) is 55.8 Å². The molecule has 0 N–H and O–H groups in total. The molecule has 6 rings (SSSR count). The molecule has 53 heavy (non-hydrogen) atoms. The number of fused-ring (bicyclic) bond motifs is 3. The van der Waals surface area contributed by atoms with Gasteiger partial charge in [-0.05, 0) is 60.1 Å². The van der Waals surface area contributed by atoms with Crippen LogP contribution in [0.2, 0.25) is 0 Å². The Morgan fingerprint density at radius 2 is 1.23 bits per heavy atom. The first kappa shape index (κ1) is 40.0. The van der Waals surface area contributed by atoms with Gasteiger partial charge in [0.2, 0.25) is 0 Å². The van der Waals surface area contributed by atoms with Gasteiger partial charge in [-0.15, -0.1) is 45.3 Å².